The largest absolute Gasteiger partial charge is 0.481 e. The molecule has 0 aliphatic carbocycles. The van der Waals surface area contributed by atoms with Gasteiger partial charge in [-0.2, -0.15) is 0 Å². The Hall–Kier alpha value is -4.27. The van der Waals surface area contributed by atoms with E-state index in [1.54, 1.807) is 30.5 Å². The van der Waals surface area contributed by atoms with Crippen LogP contribution in [0.15, 0.2) is 60.8 Å². The number of pyridine rings is 1. The van der Waals surface area contributed by atoms with Crippen LogP contribution in [0.3, 0.4) is 0 Å². The van der Waals surface area contributed by atoms with Gasteiger partial charge in [-0.15, -0.1) is 0 Å². The van der Waals surface area contributed by atoms with Crippen LogP contribution in [0.4, 0.5) is 9.18 Å². The Morgan fingerprint density at radius 3 is 2.55 bits per heavy atom. The van der Waals surface area contributed by atoms with E-state index in [1.807, 2.05) is 18.2 Å². The highest BCUT2D eigenvalue weighted by atomic mass is 19.1. The lowest BCUT2D eigenvalue weighted by Crippen LogP contribution is -2.52. The summed E-state index contributed by atoms with van der Waals surface area (Å²) in [6, 6.07) is 14.1. The van der Waals surface area contributed by atoms with Crippen molar-refractivity contribution < 1.29 is 23.5 Å². The van der Waals surface area contributed by atoms with Crippen LogP contribution < -0.4 is 15.4 Å². The number of carbonyl (C=O) groups is 3. The second-order valence-corrected chi connectivity index (χ2v) is 7.94. The van der Waals surface area contributed by atoms with Crippen molar-refractivity contribution in [3.05, 3.63) is 83.3 Å². The topological polar surface area (TPSA) is 101 Å². The van der Waals surface area contributed by atoms with Crippen LogP contribution >= 0.6 is 0 Å². The molecular weight excluding hydrogens is 427 g/mol. The number of nitrogens with zero attached hydrogens (tertiary/aromatic N) is 2. The minimum Gasteiger partial charge on any atom is -0.481 e. The number of aromatic nitrogens is 1. The number of fused-ring (bicyclic) bond motifs is 1. The van der Waals surface area contributed by atoms with Crippen LogP contribution in [-0.2, 0) is 16.9 Å². The lowest BCUT2D eigenvalue weighted by molar-refractivity contribution is -0.124. The average Bonchev–Trinajstić information content (AvgIpc) is 3.29. The third-order valence-electron chi connectivity index (χ3n) is 5.98. The van der Waals surface area contributed by atoms with E-state index >= 15 is 0 Å². The highest BCUT2D eigenvalue weighted by molar-refractivity contribution is 6.08. The predicted molar refractivity (Wildman–Crippen MR) is 116 cm³/mol. The molecule has 166 valence electrons. The zero-order valence-corrected chi connectivity index (χ0v) is 17.6. The van der Waals surface area contributed by atoms with Crippen molar-refractivity contribution in [2.45, 2.75) is 12.1 Å². The molecule has 2 aliphatic rings. The highest BCUT2D eigenvalue weighted by Crippen LogP contribution is 2.33. The van der Waals surface area contributed by atoms with Crippen molar-refractivity contribution in [1.29, 1.82) is 0 Å². The number of ether oxygens (including phenoxy) is 1. The van der Waals surface area contributed by atoms with E-state index in [0.29, 0.717) is 17.0 Å². The molecule has 3 aromatic rings. The molecule has 0 radical (unpaired) electrons. The molecule has 0 spiro atoms. The van der Waals surface area contributed by atoms with Gasteiger partial charge in [-0.3, -0.25) is 14.9 Å². The van der Waals surface area contributed by atoms with E-state index in [9.17, 15) is 18.8 Å². The maximum absolute atomic E-state index is 13.6. The maximum atomic E-state index is 13.6. The lowest BCUT2D eigenvalue weighted by Gasteiger charge is -2.31. The predicted octanol–water partition coefficient (Wildman–Crippen LogP) is 2.59. The smallest absolute Gasteiger partial charge is 0.322 e. The summed E-state index contributed by atoms with van der Waals surface area (Å²) >= 11 is 0. The molecule has 3 heterocycles. The fourth-order valence-corrected chi connectivity index (χ4v) is 4.29. The van der Waals surface area contributed by atoms with Crippen molar-refractivity contribution in [2.24, 2.45) is 0 Å². The number of urea groups is 1. The van der Waals surface area contributed by atoms with Crippen LogP contribution in [0.1, 0.15) is 21.5 Å². The number of hydrogen-bond donors (Lipinski definition) is 2. The fraction of sp³-hybridized carbons (Fsp3) is 0.167. The van der Waals surface area contributed by atoms with Gasteiger partial charge in [0, 0.05) is 24.4 Å². The molecule has 1 aromatic heterocycles. The van der Waals surface area contributed by atoms with Gasteiger partial charge in [-0.1, -0.05) is 30.3 Å². The highest BCUT2D eigenvalue weighted by Gasteiger charge is 2.50. The van der Waals surface area contributed by atoms with Crippen LogP contribution in [0, 0.1) is 5.82 Å². The average molecular weight is 446 g/mol. The monoisotopic (exact) mass is 446 g/mol. The molecular formula is C24H19FN4O4. The van der Waals surface area contributed by atoms with Gasteiger partial charge in [0.2, 0.25) is 5.88 Å². The van der Waals surface area contributed by atoms with Gasteiger partial charge < -0.3 is 15.0 Å². The van der Waals surface area contributed by atoms with E-state index in [-0.39, 0.29) is 18.7 Å². The number of methoxy groups -OCH3 is 1. The number of carbonyl (C=O) groups excluding carboxylic acids is 3. The molecule has 5 rings (SSSR count). The Bertz CT molecular complexity index is 1290. The molecule has 2 aromatic carbocycles. The Morgan fingerprint density at radius 2 is 1.85 bits per heavy atom. The van der Waals surface area contributed by atoms with Crippen molar-refractivity contribution in [1.82, 2.24) is 20.5 Å². The first kappa shape index (κ1) is 20.6. The first-order chi connectivity index (χ1) is 15.9. The number of hydrogen-bond acceptors (Lipinski definition) is 5. The first-order valence-electron chi connectivity index (χ1n) is 10.2. The Morgan fingerprint density at radius 1 is 1.06 bits per heavy atom. The molecule has 9 heteroatoms. The van der Waals surface area contributed by atoms with Crippen molar-refractivity contribution >= 4 is 17.8 Å². The van der Waals surface area contributed by atoms with Gasteiger partial charge >= 0.3 is 6.03 Å². The summed E-state index contributed by atoms with van der Waals surface area (Å²) in [5.74, 6) is -0.980. The zero-order chi connectivity index (χ0) is 23.2. The second-order valence-electron chi connectivity index (χ2n) is 7.94. The Balaban J connectivity index is 1.48. The summed E-state index contributed by atoms with van der Waals surface area (Å²) in [4.78, 5) is 43.5. The minimum absolute atomic E-state index is 0.0951. The Kier molecular flexibility index (Phi) is 4.81. The van der Waals surface area contributed by atoms with Gasteiger partial charge in [0.05, 0.1) is 13.7 Å². The van der Waals surface area contributed by atoms with Crippen LogP contribution in [0.25, 0.3) is 11.1 Å². The summed E-state index contributed by atoms with van der Waals surface area (Å²) in [5, 5.41) is 4.97. The van der Waals surface area contributed by atoms with Crippen molar-refractivity contribution in [2.75, 3.05) is 13.7 Å². The summed E-state index contributed by atoms with van der Waals surface area (Å²) < 4.78 is 18.8. The van der Waals surface area contributed by atoms with E-state index in [0.717, 1.165) is 11.1 Å². The number of nitrogens with one attached hydrogen (secondary N) is 2. The van der Waals surface area contributed by atoms with Crippen LogP contribution in [0.2, 0.25) is 0 Å². The molecule has 0 bridgehead atoms. The molecule has 4 amide bonds. The van der Waals surface area contributed by atoms with Gasteiger partial charge in [0.25, 0.3) is 11.8 Å². The van der Waals surface area contributed by atoms with Gasteiger partial charge in [0.1, 0.15) is 5.82 Å². The number of amides is 4. The van der Waals surface area contributed by atoms with E-state index in [2.05, 4.69) is 15.6 Å². The fourth-order valence-electron chi connectivity index (χ4n) is 4.29. The summed E-state index contributed by atoms with van der Waals surface area (Å²) in [6.07, 6.45) is 1.63. The standard InChI is InChI=1S/C24H19FN4O4/c1-33-20-10-15(8-9-26-20)14-2-5-17(6-3-14)24(22(31)27-23(32)28-24)13-29-12-16-4-7-18(25)11-19(16)21(29)30/h2-11H,12-13H2,1H3,(H2,27,28,31,32)/t24-/m0/s1. The molecule has 1 fully saturated rings. The number of halogens is 1. The van der Waals surface area contributed by atoms with Crippen molar-refractivity contribution in [3.63, 3.8) is 0 Å². The molecule has 0 saturated carbocycles. The maximum Gasteiger partial charge on any atom is 0.322 e. The number of benzene rings is 2. The third-order valence-corrected chi connectivity index (χ3v) is 5.98. The second kappa shape index (κ2) is 7.70. The number of imide groups is 1. The van der Waals surface area contributed by atoms with E-state index in [4.69, 9.17) is 4.74 Å². The summed E-state index contributed by atoms with van der Waals surface area (Å²) in [6.45, 7) is 0.121. The molecule has 33 heavy (non-hydrogen) atoms. The molecule has 8 nitrogen and oxygen atoms in total. The molecule has 1 atom stereocenters. The SMILES string of the molecule is COc1cc(-c2ccc([C@]3(CN4Cc5ccc(F)cc5C4=O)NC(=O)NC3=O)cc2)ccn1. The minimum atomic E-state index is -1.47. The molecule has 0 unspecified atom stereocenters. The summed E-state index contributed by atoms with van der Waals surface area (Å²) in [7, 11) is 1.53. The van der Waals surface area contributed by atoms with Gasteiger partial charge in [-0.05, 0) is 40.5 Å². The third kappa shape index (κ3) is 3.47. The van der Waals surface area contributed by atoms with Gasteiger partial charge in [0.15, 0.2) is 5.54 Å². The first-order valence-corrected chi connectivity index (χ1v) is 10.2. The van der Waals surface area contributed by atoms with Crippen LogP contribution in [0.5, 0.6) is 5.88 Å². The molecule has 2 N–H and O–H groups in total. The molecule has 1 saturated heterocycles. The van der Waals surface area contributed by atoms with Gasteiger partial charge in [-0.25, -0.2) is 14.2 Å². The summed E-state index contributed by atoms with van der Waals surface area (Å²) in [5.41, 5.74) is 1.71. The lowest BCUT2D eigenvalue weighted by atomic mass is 9.88. The van der Waals surface area contributed by atoms with E-state index < -0.39 is 29.2 Å². The quantitative estimate of drug-likeness (QED) is 0.587. The van der Waals surface area contributed by atoms with Crippen LogP contribution in [-0.4, -0.2) is 41.4 Å². The Labute approximate surface area is 188 Å². The zero-order valence-electron chi connectivity index (χ0n) is 17.6. The van der Waals surface area contributed by atoms with E-state index in [1.165, 1.54) is 24.1 Å². The van der Waals surface area contributed by atoms with Crippen molar-refractivity contribution in [3.8, 4) is 17.0 Å². The normalized spacial score (nSPS) is 19.3. The number of rotatable bonds is 5. The molecule has 2 aliphatic heterocycles.